The van der Waals surface area contributed by atoms with E-state index in [4.69, 9.17) is 28.8 Å². The number of carbonyl (C=O) groups excluding carboxylic acids is 1. The molecule has 0 fully saturated rings. The average Bonchev–Trinajstić information content (AvgIpc) is 3.14. The molecular formula is C21H13ClIN3OS2. The van der Waals surface area contributed by atoms with Crippen LogP contribution in [0.3, 0.4) is 0 Å². The molecule has 0 saturated carbocycles. The van der Waals surface area contributed by atoms with Gasteiger partial charge in [-0.3, -0.25) is 10.1 Å². The number of halogens is 2. The van der Waals surface area contributed by atoms with Gasteiger partial charge in [-0.1, -0.05) is 23.7 Å². The van der Waals surface area contributed by atoms with Gasteiger partial charge in [0.15, 0.2) is 5.11 Å². The molecule has 1 amide bonds. The molecule has 0 bridgehead atoms. The number of fused-ring (bicyclic) bond motifs is 1. The molecule has 29 heavy (non-hydrogen) atoms. The number of thiocarbonyl (C=S) groups is 1. The standard InChI is InChI=1S/C21H13ClIN3OS2/c22-13-7-5-12(6-8-13)19(27)26-21(28)25-16-10-9-14(23)11-15(16)20-24-17-3-1-2-4-18(17)29-20/h1-11H,(H2,25,26,27,28). The Kier molecular flexibility index (Phi) is 6.09. The second-order valence-electron chi connectivity index (χ2n) is 6.09. The van der Waals surface area contributed by atoms with E-state index in [-0.39, 0.29) is 11.0 Å². The highest BCUT2D eigenvalue weighted by Crippen LogP contribution is 2.35. The van der Waals surface area contributed by atoms with Crippen molar-refractivity contribution >= 4 is 84.7 Å². The summed E-state index contributed by atoms with van der Waals surface area (Å²) in [4.78, 5) is 17.1. The van der Waals surface area contributed by atoms with E-state index in [1.807, 2.05) is 36.4 Å². The van der Waals surface area contributed by atoms with Crippen LogP contribution < -0.4 is 10.6 Å². The van der Waals surface area contributed by atoms with Crippen LogP contribution in [0.25, 0.3) is 20.8 Å². The Morgan fingerprint density at radius 1 is 1.07 bits per heavy atom. The highest BCUT2D eigenvalue weighted by atomic mass is 127. The normalized spacial score (nSPS) is 10.7. The number of thiazole rings is 1. The van der Waals surface area contributed by atoms with Crippen LogP contribution in [0.1, 0.15) is 10.4 Å². The average molecular weight is 550 g/mol. The Labute approximate surface area is 195 Å². The van der Waals surface area contributed by atoms with Crippen molar-refractivity contribution in [2.75, 3.05) is 5.32 Å². The largest absolute Gasteiger partial charge is 0.332 e. The number of para-hydroxylation sites is 1. The Balaban J connectivity index is 1.58. The summed E-state index contributed by atoms with van der Waals surface area (Å²) in [6.07, 6.45) is 0. The third-order valence-electron chi connectivity index (χ3n) is 4.09. The molecule has 4 nitrogen and oxygen atoms in total. The number of benzene rings is 3. The first-order valence-electron chi connectivity index (χ1n) is 8.53. The van der Waals surface area contributed by atoms with Crippen molar-refractivity contribution in [2.45, 2.75) is 0 Å². The number of carbonyl (C=O) groups is 1. The zero-order chi connectivity index (χ0) is 20.4. The van der Waals surface area contributed by atoms with Gasteiger partial charge in [-0.05, 0) is 89.4 Å². The molecule has 3 aromatic carbocycles. The van der Waals surface area contributed by atoms with Gasteiger partial charge in [0, 0.05) is 19.7 Å². The maximum Gasteiger partial charge on any atom is 0.257 e. The molecular weight excluding hydrogens is 537 g/mol. The molecule has 144 valence electrons. The third kappa shape index (κ3) is 4.75. The molecule has 0 spiro atoms. The minimum Gasteiger partial charge on any atom is -0.332 e. The number of anilines is 1. The van der Waals surface area contributed by atoms with Gasteiger partial charge in [0.25, 0.3) is 5.91 Å². The number of nitrogens with zero attached hydrogens (tertiary/aromatic N) is 1. The first-order valence-corrected chi connectivity index (χ1v) is 11.2. The van der Waals surface area contributed by atoms with E-state index in [0.29, 0.717) is 10.6 Å². The van der Waals surface area contributed by atoms with E-state index >= 15 is 0 Å². The quantitative estimate of drug-likeness (QED) is 0.231. The lowest BCUT2D eigenvalue weighted by Crippen LogP contribution is -2.34. The van der Waals surface area contributed by atoms with Crippen LogP contribution >= 0.6 is 57.7 Å². The van der Waals surface area contributed by atoms with Crippen molar-refractivity contribution < 1.29 is 4.79 Å². The molecule has 8 heteroatoms. The first-order chi connectivity index (χ1) is 14.0. The number of rotatable bonds is 3. The van der Waals surface area contributed by atoms with Gasteiger partial charge in [-0.2, -0.15) is 0 Å². The van der Waals surface area contributed by atoms with Crippen LogP contribution in [0.4, 0.5) is 5.69 Å². The molecule has 0 radical (unpaired) electrons. The van der Waals surface area contributed by atoms with Crippen molar-refractivity contribution in [2.24, 2.45) is 0 Å². The van der Waals surface area contributed by atoms with Gasteiger partial charge in [-0.15, -0.1) is 11.3 Å². The molecule has 0 aliphatic carbocycles. The van der Waals surface area contributed by atoms with Crippen molar-refractivity contribution in [1.82, 2.24) is 10.3 Å². The van der Waals surface area contributed by atoms with Crippen molar-refractivity contribution in [1.29, 1.82) is 0 Å². The van der Waals surface area contributed by atoms with Crippen LogP contribution in [-0.4, -0.2) is 16.0 Å². The predicted molar refractivity (Wildman–Crippen MR) is 133 cm³/mol. The number of hydrogen-bond acceptors (Lipinski definition) is 4. The molecule has 0 saturated heterocycles. The SMILES string of the molecule is O=C(NC(=S)Nc1ccc(I)cc1-c1nc2ccccc2s1)c1ccc(Cl)cc1. The van der Waals surface area contributed by atoms with Crippen molar-refractivity contribution in [3.63, 3.8) is 0 Å². The fourth-order valence-corrected chi connectivity index (χ4v) is 4.54. The maximum atomic E-state index is 12.4. The molecule has 4 rings (SSSR count). The van der Waals surface area contributed by atoms with E-state index in [1.165, 1.54) is 0 Å². The minimum absolute atomic E-state index is 0.216. The molecule has 1 heterocycles. The topological polar surface area (TPSA) is 54.0 Å². The van der Waals surface area contributed by atoms with Crippen LogP contribution in [0.2, 0.25) is 5.02 Å². The smallest absolute Gasteiger partial charge is 0.257 e. The van der Waals surface area contributed by atoms with E-state index in [0.717, 1.165) is 30.0 Å². The van der Waals surface area contributed by atoms with E-state index < -0.39 is 0 Å². The van der Waals surface area contributed by atoms with Gasteiger partial charge in [0.2, 0.25) is 0 Å². The lowest BCUT2D eigenvalue weighted by molar-refractivity contribution is 0.0978. The Hall–Kier alpha value is -2.07. The minimum atomic E-state index is -0.300. The molecule has 4 aromatic rings. The molecule has 1 aromatic heterocycles. The summed E-state index contributed by atoms with van der Waals surface area (Å²) in [5.41, 5.74) is 3.15. The van der Waals surface area contributed by atoms with E-state index in [2.05, 4.69) is 39.3 Å². The fraction of sp³-hybridized carbons (Fsp3) is 0. The highest BCUT2D eigenvalue weighted by molar-refractivity contribution is 14.1. The van der Waals surface area contributed by atoms with Crippen LogP contribution in [0.15, 0.2) is 66.7 Å². The van der Waals surface area contributed by atoms with Gasteiger partial charge in [-0.25, -0.2) is 4.98 Å². The first kappa shape index (κ1) is 20.2. The Morgan fingerprint density at radius 2 is 1.83 bits per heavy atom. The molecule has 0 atom stereocenters. The van der Waals surface area contributed by atoms with E-state index in [9.17, 15) is 4.79 Å². The highest BCUT2D eigenvalue weighted by Gasteiger charge is 2.14. The second-order valence-corrected chi connectivity index (χ2v) is 9.21. The summed E-state index contributed by atoms with van der Waals surface area (Å²) in [6.45, 7) is 0. The Bertz CT molecular complexity index is 1190. The zero-order valence-electron chi connectivity index (χ0n) is 14.8. The summed E-state index contributed by atoms with van der Waals surface area (Å²) in [7, 11) is 0. The lowest BCUT2D eigenvalue weighted by atomic mass is 10.2. The van der Waals surface area contributed by atoms with Crippen molar-refractivity contribution in [3.8, 4) is 10.6 Å². The fourth-order valence-electron chi connectivity index (χ4n) is 2.72. The van der Waals surface area contributed by atoms with Gasteiger partial charge < -0.3 is 5.32 Å². The van der Waals surface area contributed by atoms with Crippen LogP contribution in [0, 0.1) is 3.57 Å². The summed E-state index contributed by atoms with van der Waals surface area (Å²) in [5, 5.41) is 7.51. The molecule has 2 N–H and O–H groups in total. The van der Waals surface area contributed by atoms with E-state index in [1.54, 1.807) is 35.6 Å². The molecule has 0 aliphatic heterocycles. The van der Waals surface area contributed by atoms with Gasteiger partial charge >= 0.3 is 0 Å². The molecule has 0 aliphatic rings. The second kappa shape index (κ2) is 8.74. The molecule has 0 unspecified atom stereocenters. The number of hydrogen-bond donors (Lipinski definition) is 2. The van der Waals surface area contributed by atoms with Crippen LogP contribution in [-0.2, 0) is 0 Å². The maximum absolute atomic E-state index is 12.4. The monoisotopic (exact) mass is 549 g/mol. The van der Waals surface area contributed by atoms with Crippen molar-refractivity contribution in [3.05, 3.63) is 80.9 Å². The summed E-state index contributed by atoms with van der Waals surface area (Å²) in [5.74, 6) is -0.300. The summed E-state index contributed by atoms with van der Waals surface area (Å²) >= 11 is 15.1. The van der Waals surface area contributed by atoms with Gasteiger partial charge in [0.05, 0.1) is 15.9 Å². The van der Waals surface area contributed by atoms with Crippen LogP contribution in [0.5, 0.6) is 0 Å². The predicted octanol–water partition coefficient (Wildman–Crippen LogP) is 6.35. The zero-order valence-corrected chi connectivity index (χ0v) is 19.3. The summed E-state index contributed by atoms with van der Waals surface area (Å²) in [6, 6.07) is 20.6. The third-order valence-corrected chi connectivity index (χ3v) is 6.28. The lowest BCUT2D eigenvalue weighted by Gasteiger charge is -2.13. The summed E-state index contributed by atoms with van der Waals surface area (Å²) < 4.78 is 2.20. The number of aromatic nitrogens is 1. The number of amides is 1. The number of nitrogens with one attached hydrogen (secondary N) is 2. The Morgan fingerprint density at radius 3 is 2.59 bits per heavy atom. The van der Waals surface area contributed by atoms with Gasteiger partial charge in [0.1, 0.15) is 5.01 Å².